The van der Waals surface area contributed by atoms with Gasteiger partial charge in [-0.2, -0.15) is 0 Å². The summed E-state index contributed by atoms with van der Waals surface area (Å²) in [5, 5.41) is 5.13. The Morgan fingerprint density at radius 3 is 2.48 bits per heavy atom. The van der Waals surface area contributed by atoms with E-state index in [0.717, 1.165) is 29.2 Å². The van der Waals surface area contributed by atoms with Gasteiger partial charge in [0.05, 0.1) is 6.04 Å². The molecule has 1 heterocycles. The molecule has 0 aromatic heterocycles. The van der Waals surface area contributed by atoms with Crippen molar-refractivity contribution in [3.05, 3.63) is 48.0 Å². The van der Waals surface area contributed by atoms with Crippen molar-refractivity contribution >= 4 is 28.2 Å². The number of aryl methyl sites for hydroxylation is 1. The maximum absolute atomic E-state index is 12.8. The molecule has 0 bridgehead atoms. The van der Waals surface area contributed by atoms with Crippen molar-refractivity contribution in [2.75, 3.05) is 0 Å². The molecule has 154 valence electrons. The van der Waals surface area contributed by atoms with Gasteiger partial charge in [-0.15, -0.1) is 0 Å². The third-order valence-corrected chi connectivity index (χ3v) is 5.37. The maximum Gasteiger partial charge on any atom is 0.252 e. The Bertz CT molecular complexity index is 886. The lowest BCUT2D eigenvalue weighted by atomic mass is 9.96. The summed E-state index contributed by atoms with van der Waals surface area (Å²) >= 11 is 0. The van der Waals surface area contributed by atoms with E-state index in [1.165, 1.54) is 0 Å². The number of Topliss-reactive ketones (excluding diaryl/α,β-unsaturated/α-hetero) is 2. The fourth-order valence-electron chi connectivity index (χ4n) is 3.74. The van der Waals surface area contributed by atoms with Crippen LogP contribution < -0.4 is 5.32 Å². The van der Waals surface area contributed by atoms with Crippen molar-refractivity contribution < 1.29 is 19.1 Å². The van der Waals surface area contributed by atoms with E-state index in [-0.39, 0.29) is 17.5 Å². The van der Waals surface area contributed by atoms with Crippen LogP contribution in [0.5, 0.6) is 0 Å². The number of hydrogen-bond acceptors (Lipinski definition) is 4. The Morgan fingerprint density at radius 1 is 0.966 bits per heavy atom. The summed E-state index contributed by atoms with van der Waals surface area (Å²) in [6.07, 6.45) is 2.14. The van der Waals surface area contributed by atoms with E-state index in [1.54, 1.807) is 0 Å². The second kappa shape index (κ2) is 9.79. The van der Waals surface area contributed by atoms with E-state index in [9.17, 15) is 14.4 Å². The fourth-order valence-corrected chi connectivity index (χ4v) is 3.74. The first kappa shape index (κ1) is 21.2. The molecule has 0 spiro atoms. The average molecular weight is 395 g/mol. The number of rotatable bonds is 11. The highest BCUT2D eigenvalue weighted by atomic mass is 16.6. The molecule has 2 aromatic carbocycles. The van der Waals surface area contributed by atoms with Crippen LogP contribution in [0.2, 0.25) is 0 Å². The second-order valence-electron chi connectivity index (χ2n) is 7.65. The Kier molecular flexibility index (Phi) is 7.15. The fraction of sp³-hybridized carbons (Fsp3) is 0.458. The van der Waals surface area contributed by atoms with Crippen LogP contribution in [0, 0.1) is 0 Å². The molecular formula is C24H29NO4. The molecule has 1 aliphatic heterocycles. The van der Waals surface area contributed by atoms with E-state index >= 15 is 0 Å². The number of nitrogens with one attached hydrogen (secondary N) is 1. The molecule has 1 aliphatic rings. The summed E-state index contributed by atoms with van der Waals surface area (Å²) in [5.41, 5.74) is 1.13. The smallest absolute Gasteiger partial charge is 0.252 e. The van der Waals surface area contributed by atoms with Crippen molar-refractivity contribution in [1.29, 1.82) is 0 Å². The van der Waals surface area contributed by atoms with Gasteiger partial charge in [0.2, 0.25) is 0 Å². The van der Waals surface area contributed by atoms with Crippen LogP contribution in [0.1, 0.15) is 51.5 Å². The number of ether oxygens (including phenoxy) is 1. The molecule has 29 heavy (non-hydrogen) atoms. The summed E-state index contributed by atoms with van der Waals surface area (Å²) in [6.45, 7) is 3.90. The highest BCUT2D eigenvalue weighted by Crippen LogP contribution is 2.25. The Hall–Kier alpha value is -2.53. The van der Waals surface area contributed by atoms with Gasteiger partial charge in [0, 0.05) is 12.8 Å². The van der Waals surface area contributed by atoms with Crippen LogP contribution in [0.3, 0.4) is 0 Å². The molecule has 1 fully saturated rings. The van der Waals surface area contributed by atoms with Crippen LogP contribution in [0.25, 0.3) is 10.8 Å². The van der Waals surface area contributed by atoms with E-state index < -0.39 is 18.2 Å². The number of fused-ring (bicyclic) bond motifs is 1. The second-order valence-corrected chi connectivity index (χ2v) is 7.65. The average Bonchev–Trinajstić information content (AvgIpc) is 3.53. The number of epoxide rings is 1. The largest absolute Gasteiger partial charge is 0.351 e. The topological polar surface area (TPSA) is 75.8 Å². The highest BCUT2D eigenvalue weighted by Gasteiger charge is 2.49. The zero-order chi connectivity index (χ0) is 20.8. The molecular weight excluding hydrogens is 366 g/mol. The SMILES string of the molecule is CCCC(=O)[C@@H]1O[C@H]1C(=O)N[C@@H](CCC)C(=O)CCc1cccc2ccccc12. The molecule has 1 amide bonds. The number of benzene rings is 2. The van der Waals surface area contributed by atoms with Gasteiger partial charge in [0.1, 0.15) is 0 Å². The lowest BCUT2D eigenvalue weighted by molar-refractivity contribution is -0.128. The normalized spacial score (nSPS) is 19.0. The molecule has 0 unspecified atom stereocenters. The molecule has 2 aromatic rings. The van der Waals surface area contributed by atoms with E-state index in [2.05, 4.69) is 23.5 Å². The summed E-state index contributed by atoms with van der Waals surface area (Å²) in [7, 11) is 0. The Labute approximate surface area is 171 Å². The number of carbonyl (C=O) groups is 3. The quantitative estimate of drug-likeness (QED) is 0.588. The van der Waals surface area contributed by atoms with Crippen molar-refractivity contribution in [2.45, 2.75) is 70.6 Å². The summed E-state index contributed by atoms with van der Waals surface area (Å²) < 4.78 is 5.26. The lowest BCUT2D eigenvalue weighted by Gasteiger charge is -2.17. The first-order valence-electron chi connectivity index (χ1n) is 10.5. The van der Waals surface area contributed by atoms with Crippen molar-refractivity contribution in [1.82, 2.24) is 5.32 Å². The first-order valence-corrected chi connectivity index (χ1v) is 10.5. The van der Waals surface area contributed by atoms with Crippen molar-refractivity contribution in [3.8, 4) is 0 Å². The minimum absolute atomic E-state index is 0.0187. The zero-order valence-corrected chi connectivity index (χ0v) is 17.1. The van der Waals surface area contributed by atoms with Gasteiger partial charge < -0.3 is 10.1 Å². The number of amides is 1. The molecule has 0 aliphatic carbocycles. The van der Waals surface area contributed by atoms with Crippen molar-refractivity contribution in [3.63, 3.8) is 0 Å². The molecule has 5 heteroatoms. The van der Waals surface area contributed by atoms with Crippen LogP contribution in [-0.2, 0) is 25.5 Å². The minimum Gasteiger partial charge on any atom is -0.351 e. The summed E-state index contributed by atoms with van der Waals surface area (Å²) in [5.74, 6) is -0.372. The summed E-state index contributed by atoms with van der Waals surface area (Å²) in [4.78, 5) is 37.1. The molecule has 3 rings (SSSR count). The van der Waals surface area contributed by atoms with Gasteiger partial charge in [-0.1, -0.05) is 62.7 Å². The Morgan fingerprint density at radius 2 is 1.72 bits per heavy atom. The van der Waals surface area contributed by atoms with E-state index in [0.29, 0.717) is 25.7 Å². The van der Waals surface area contributed by atoms with Crippen LogP contribution >= 0.6 is 0 Å². The number of carbonyl (C=O) groups excluding carboxylic acids is 3. The Balaban J connectivity index is 1.58. The molecule has 1 N–H and O–H groups in total. The number of hydrogen-bond donors (Lipinski definition) is 1. The first-order chi connectivity index (χ1) is 14.0. The standard InChI is InChI=1S/C24H29NO4/c1-3-8-19(25-24(28)23-22(29-23)21(27)9-4-2)20(26)15-14-17-12-7-11-16-10-5-6-13-18(16)17/h5-7,10-13,19,22-23H,3-4,8-9,14-15H2,1-2H3,(H,25,28)/t19-,22-,23+/m0/s1. The molecule has 0 saturated carbocycles. The zero-order valence-electron chi connectivity index (χ0n) is 17.1. The van der Waals surface area contributed by atoms with Gasteiger partial charge in [0.15, 0.2) is 23.8 Å². The third-order valence-electron chi connectivity index (χ3n) is 5.37. The molecule has 5 nitrogen and oxygen atoms in total. The van der Waals surface area contributed by atoms with Gasteiger partial charge in [0.25, 0.3) is 5.91 Å². The van der Waals surface area contributed by atoms with Crippen LogP contribution in [0.4, 0.5) is 0 Å². The van der Waals surface area contributed by atoms with Crippen LogP contribution in [-0.4, -0.2) is 35.7 Å². The van der Waals surface area contributed by atoms with Gasteiger partial charge in [-0.25, -0.2) is 0 Å². The molecule has 0 radical (unpaired) electrons. The lowest BCUT2D eigenvalue weighted by Crippen LogP contribution is -2.43. The van der Waals surface area contributed by atoms with Gasteiger partial charge in [-0.05, 0) is 35.6 Å². The summed E-state index contributed by atoms with van der Waals surface area (Å²) in [6, 6.07) is 13.7. The van der Waals surface area contributed by atoms with Crippen LogP contribution in [0.15, 0.2) is 42.5 Å². The van der Waals surface area contributed by atoms with E-state index in [4.69, 9.17) is 4.74 Å². The van der Waals surface area contributed by atoms with E-state index in [1.807, 2.05) is 38.1 Å². The molecule has 3 atom stereocenters. The predicted octanol–water partition coefficient (Wildman–Crippen LogP) is 3.76. The number of ketones is 2. The van der Waals surface area contributed by atoms with Gasteiger partial charge in [-0.3, -0.25) is 14.4 Å². The third kappa shape index (κ3) is 5.30. The molecule has 1 saturated heterocycles. The predicted molar refractivity (Wildman–Crippen MR) is 113 cm³/mol. The monoisotopic (exact) mass is 395 g/mol. The maximum atomic E-state index is 12.8. The van der Waals surface area contributed by atoms with Gasteiger partial charge >= 0.3 is 0 Å². The minimum atomic E-state index is -0.737. The highest BCUT2D eigenvalue weighted by molar-refractivity contribution is 5.98. The van der Waals surface area contributed by atoms with Crippen molar-refractivity contribution in [2.24, 2.45) is 0 Å².